The number of rotatable bonds is 6. The van der Waals surface area contributed by atoms with Gasteiger partial charge >= 0.3 is 0 Å². The third kappa shape index (κ3) is 9.45. The highest BCUT2D eigenvalue weighted by atomic mass is 16.5. The predicted molar refractivity (Wildman–Crippen MR) is 62.6 cm³/mol. The molecule has 0 saturated heterocycles. The van der Waals surface area contributed by atoms with Gasteiger partial charge in [-0.1, -0.05) is 18.2 Å². The lowest BCUT2D eigenvalue weighted by molar-refractivity contribution is 0.0650. The Kier molecular flexibility index (Phi) is 11.1. The van der Waals surface area contributed by atoms with Crippen LogP contribution in [0.25, 0.3) is 0 Å². The maximum atomic E-state index is 8.09. The molecule has 0 unspecified atom stereocenters. The SMILES string of the molecule is CCOc1ccccc1.OCCOCCO. The molecule has 0 heterocycles. The standard InChI is InChI=1S/C8H10O.C4H10O3/c1-2-9-8-6-4-3-5-7-8;5-1-3-7-4-2-6/h3-7H,2H2,1H3;5-6H,1-4H2. The Morgan fingerprint density at radius 2 is 1.56 bits per heavy atom. The van der Waals surface area contributed by atoms with Crippen LogP contribution in [0.2, 0.25) is 0 Å². The molecule has 0 radical (unpaired) electrons. The number of hydrogen-bond acceptors (Lipinski definition) is 4. The first-order valence-corrected chi connectivity index (χ1v) is 5.32. The summed E-state index contributed by atoms with van der Waals surface area (Å²) in [4.78, 5) is 0. The lowest BCUT2D eigenvalue weighted by Crippen LogP contribution is -2.03. The molecule has 4 nitrogen and oxygen atoms in total. The molecule has 0 aliphatic carbocycles. The Labute approximate surface area is 96.4 Å². The molecule has 0 amide bonds. The van der Waals surface area contributed by atoms with Gasteiger partial charge < -0.3 is 19.7 Å². The second-order valence-corrected chi connectivity index (χ2v) is 2.81. The van der Waals surface area contributed by atoms with E-state index in [9.17, 15) is 0 Å². The summed E-state index contributed by atoms with van der Waals surface area (Å²) in [7, 11) is 0. The van der Waals surface area contributed by atoms with Crippen molar-refractivity contribution < 1.29 is 19.7 Å². The highest BCUT2D eigenvalue weighted by Crippen LogP contribution is 2.06. The van der Waals surface area contributed by atoms with Crippen molar-refractivity contribution in [3.8, 4) is 5.75 Å². The minimum absolute atomic E-state index is 0.0278. The van der Waals surface area contributed by atoms with Crippen molar-refractivity contribution in [2.45, 2.75) is 6.92 Å². The topological polar surface area (TPSA) is 58.9 Å². The van der Waals surface area contributed by atoms with Gasteiger partial charge in [-0.15, -0.1) is 0 Å². The zero-order chi connectivity index (χ0) is 12.1. The van der Waals surface area contributed by atoms with Gasteiger partial charge in [-0.25, -0.2) is 0 Å². The van der Waals surface area contributed by atoms with Crippen LogP contribution in [0.5, 0.6) is 5.75 Å². The van der Waals surface area contributed by atoms with Crippen LogP contribution in [0.1, 0.15) is 6.92 Å². The van der Waals surface area contributed by atoms with Gasteiger partial charge in [0.2, 0.25) is 0 Å². The molecule has 0 aromatic heterocycles. The number of aliphatic hydroxyl groups excluding tert-OH is 2. The number of para-hydroxylation sites is 1. The van der Waals surface area contributed by atoms with Crippen LogP contribution in [0.15, 0.2) is 30.3 Å². The second kappa shape index (κ2) is 12.0. The number of ether oxygens (including phenoxy) is 2. The van der Waals surface area contributed by atoms with Gasteiger partial charge in [0.05, 0.1) is 33.0 Å². The zero-order valence-electron chi connectivity index (χ0n) is 9.63. The Bertz CT molecular complexity index is 222. The number of hydrogen-bond donors (Lipinski definition) is 2. The molecule has 0 fully saturated rings. The summed E-state index contributed by atoms with van der Waals surface area (Å²) in [6.07, 6.45) is 0. The van der Waals surface area contributed by atoms with E-state index in [4.69, 9.17) is 14.9 Å². The molecule has 2 N–H and O–H groups in total. The second-order valence-electron chi connectivity index (χ2n) is 2.81. The van der Waals surface area contributed by atoms with Crippen molar-refractivity contribution in [2.24, 2.45) is 0 Å². The molecule has 0 atom stereocenters. The first kappa shape index (κ1) is 14.9. The average molecular weight is 228 g/mol. The summed E-state index contributed by atoms with van der Waals surface area (Å²) in [5.74, 6) is 0.944. The summed E-state index contributed by atoms with van der Waals surface area (Å²) in [6.45, 7) is 3.41. The van der Waals surface area contributed by atoms with Crippen molar-refractivity contribution in [2.75, 3.05) is 33.0 Å². The fourth-order valence-corrected chi connectivity index (χ4v) is 0.915. The lowest BCUT2D eigenvalue weighted by Gasteiger charge is -1.99. The molecule has 1 aromatic carbocycles. The van der Waals surface area contributed by atoms with E-state index in [1.807, 2.05) is 37.3 Å². The van der Waals surface area contributed by atoms with Crippen LogP contribution in [0.4, 0.5) is 0 Å². The van der Waals surface area contributed by atoms with Gasteiger partial charge in [-0.2, -0.15) is 0 Å². The third-order valence-electron chi connectivity index (χ3n) is 1.53. The fourth-order valence-electron chi connectivity index (χ4n) is 0.915. The van der Waals surface area contributed by atoms with Crippen LogP contribution >= 0.6 is 0 Å². The van der Waals surface area contributed by atoms with Crippen molar-refractivity contribution in [1.82, 2.24) is 0 Å². The van der Waals surface area contributed by atoms with Crippen molar-refractivity contribution in [3.63, 3.8) is 0 Å². The van der Waals surface area contributed by atoms with Gasteiger partial charge in [-0.3, -0.25) is 0 Å². The molecule has 4 heteroatoms. The van der Waals surface area contributed by atoms with Gasteiger partial charge in [0.15, 0.2) is 0 Å². The van der Waals surface area contributed by atoms with Gasteiger partial charge in [0, 0.05) is 0 Å². The molecule has 1 rings (SSSR count). The highest BCUT2D eigenvalue weighted by Gasteiger charge is 1.83. The van der Waals surface area contributed by atoms with Crippen molar-refractivity contribution in [3.05, 3.63) is 30.3 Å². The van der Waals surface area contributed by atoms with Gasteiger partial charge in [0.1, 0.15) is 5.75 Å². The largest absolute Gasteiger partial charge is 0.494 e. The molecule has 0 aliphatic rings. The van der Waals surface area contributed by atoms with Gasteiger partial charge in [-0.05, 0) is 19.1 Å². The minimum Gasteiger partial charge on any atom is -0.494 e. The number of benzene rings is 1. The normalized spacial score (nSPS) is 9.19. The summed E-state index contributed by atoms with van der Waals surface area (Å²) >= 11 is 0. The molecule has 92 valence electrons. The van der Waals surface area contributed by atoms with E-state index in [1.165, 1.54) is 0 Å². The first-order valence-electron chi connectivity index (χ1n) is 5.32. The van der Waals surface area contributed by atoms with E-state index < -0.39 is 0 Å². The molecular weight excluding hydrogens is 208 g/mol. The lowest BCUT2D eigenvalue weighted by atomic mass is 10.3. The quantitative estimate of drug-likeness (QED) is 0.715. The van der Waals surface area contributed by atoms with Crippen molar-refractivity contribution >= 4 is 0 Å². The Morgan fingerprint density at radius 3 is 2.00 bits per heavy atom. The van der Waals surface area contributed by atoms with E-state index in [1.54, 1.807) is 0 Å². The average Bonchev–Trinajstić information content (AvgIpc) is 2.32. The van der Waals surface area contributed by atoms with Crippen LogP contribution in [0, 0.1) is 0 Å². The smallest absolute Gasteiger partial charge is 0.119 e. The Balaban J connectivity index is 0.000000293. The third-order valence-corrected chi connectivity index (χ3v) is 1.53. The molecule has 16 heavy (non-hydrogen) atoms. The Hall–Kier alpha value is -1.10. The fraction of sp³-hybridized carbons (Fsp3) is 0.500. The highest BCUT2D eigenvalue weighted by molar-refractivity contribution is 5.20. The van der Waals surface area contributed by atoms with Crippen LogP contribution in [-0.2, 0) is 4.74 Å². The van der Waals surface area contributed by atoms with E-state index >= 15 is 0 Å². The summed E-state index contributed by atoms with van der Waals surface area (Å²) in [5.41, 5.74) is 0. The number of aliphatic hydroxyl groups is 2. The van der Waals surface area contributed by atoms with Crippen molar-refractivity contribution in [1.29, 1.82) is 0 Å². The van der Waals surface area contributed by atoms with E-state index in [0.29, 0.717) is 13.2 Å². The summed E-state index contributed by atoms with van der Waals surface area (Å²) in [5, 5.41) is 16.2. The molecule has 0 saturated carbocycles. The summed E-state index contributed by atoms with van der Waals surface area (Å²) < 4.78 is 9.84. The van der Waals surface area contributed by atoms with Crippen LogP contribution in [0.3, 0.4) is 0 Å². The zero-order valence-corrected chi connectivity index (χ0v) is 9.63. The monoisotopic (exact) mass is 228 g/mol. The van der Waals surface area contributed by atoms with E-state index in [-0.39, 0.29) is 13.2 Å². The molecule has 0 spiro atoms. The van der Waals surface area contributed by atoms with E-state index in [0.717, 1.165) is 12.4 Å². The summed E-state index contributed by atoms with van der Waals surface area (Å²) in [6, 6.07) is 9.80. The van der Waals surface area contributed by atoms with Crippen LogP contribution < -0.4 is 4.74 Å². The maximum absolute atomic E-state index is 8.09. The van der Waals surface area contributed by atoms with E-state index in [2.05, 4.69) is 4.74 Å². The molecule has 1 aromatic rings. The molecule has 0 bridgehead atoms. The maximum Gasteiger partial charge on any atom is 0.119 e. The first-order chi connectivity index (χ1) is 7.85. The Morgan fingerprint density at radius 1 is 1.00 bits per heavy atom. The molecule has 0 aliphatic heterocycles. The predicted octanol–water partition coefficient (Wildman–Crippen LogP) is 1.07. The van der Waals surface area contributed by atoms with Gasteiger partial charge in [0.25, 0.3) is 0 Å². The molecular formula is C12H20O4. The van der Waals surface area contributed by atoms with Crippen LogP contribution in [-0.4, -0.2) is 43.2 Å². The minimum atomic E-state index is 0.0278.